The Morgan fingerprint density at radius 1 is 0.976 bits per heavy atom. The fraction of sp³-hybridized carbons (Fsp3) is 0.438. The SMILES string of the molecule is O=C(C[C@H]1CC=CC[C@@H](NC(=O)OCc2ccccc2)C(=O)O[C@H](c2ccccc2)CNC1=O)NC1(CO)CCCC1. The molecular weight excluding hydrogens is 538 g/mol. The van der Waals surface area contributed by atoms with Crippen molar-refractivity contribution in [3.8, 4) is 0 Å². The summed E-state index contributed by atoms with van der Waals surface area (Å²) in [6.45, 7) is -0.103. The van der Waals surface area contributed by atoms with Gasteiger partial charge in [0, 0.05) is 6.42 Å². The summed E-state index contributed by atoms with van der Waals surface area (Å²) in [6, 6.07) is 17.2. The second-order valence-corrected chi connectivity index (χ2v) is 10.9. The lowest BCUT2D eigenvalue weighted by Crippen LogP contribution is -2.50. The number of hydrogen-bond acceptors (Lipinski definition) is 7. The molecule has 4 N–H and O–H groups in total. The van der Waals surface area contributed by atoms with Gasteiger partial charge < -0.3 is 30.5 Å². The van der Waals surface area contributed by atoms with Crippen LogP contribution in [0.3, 0.4) is 0 Å². The molecule has 0 saturated heterocycles. The summed E-state index contributed by atoms with van der Waals surface area (Å²) in [5, 5.41) is 18.3. The van der Waals surface area contributed by atoms with Gasteiger partial charge in [0.2, 0.25) is 11.8 Å². The van der Waals surface area contributed by atoms with Gasteiger partial charge >= 0.3 is 12.1 Å². The van der Waals surface area contributed by atoms with Crippen LogP contribution in [-0.2, 0) is 30.5 Å². The van der Waals surface area contributed by atoms with Crippen molar-refractivity contribution >= 4 is 23.9 Å². The molecule has 2 aliphatic rings. The Morgan fingerprint density at radius 2 is 1.64 bits per heavy atom. The predicted molar refractivity (Wildman–Crippen MR) is 155 cm³/mol. The molecule has 0 spiro atoms. The molecule has 10 heteroatoms. The number of ether oxygens (including phenoxy) is 2. The van der Waals surface area contributed by atoms with Crippen molar-refractivity contribution in [2.45, 2.75) is 69.2 Å². The van der Waals surface area contributed by atoms with Gasteiger partial charge in [-0.1, -0.05) is 85.7 Å². The summed E-state index contributed by atoms with van der Waals surface area (Å²) < 4.78 is 11.1. The van der Waals surface area contributed by atoms with Crippen LogP contribution in [0.2, 0.25) is 0 Å². The van der Waals surface area contributed by atoms with Crippen molar-refractivity contribution in [3.63, 3.8) is 0 Å². The molecule has 3 amide bonds. The van der Waals surface area contributed by atoms with Crippen molar-refractivity contribution in [1.82, 2.24) is 16.0 Å². The van der Waals surface area contributed by atoms with Gasteiger partial charge in [0.25, 0.3) is 0 Å². The van der Waals surface area contributed by atoms with Crippen molar-refractivity contribution in [1.29, 1.82) is 0 Å². The summed E-state index contributed by atoms with van der Waals surface area (Å²) >= 11 is 0. The molecule has 42 heavy (non-hydrogen) atoms. The van der Waals surface area contributed by atoms with Gasteiger partial charge in [-0.15, -0.1) is 0 Å². The molecule has 1 aliphatic carbocycles. The number of esters is 1. The normalized spacial score (nSPS) is 22.5. The quantitative estimate of drug-likeness (QED) is 0.278. The Hall–Kier alpha value is -4.18. The average Bonchev–Trinajstić information content (AvgIpc) is 3.47. The maximum absolute atomic E-state index is 13.2. The molecule has 1 aliphatic heterocycles. The van der Waals surface area contributed by atoms with E-state index in [2.05, 4.69) is 16.0 Å². The highest BCUT2D eigenvalue weighted by Gasteiger charge is 2.36. The lowest BCUT2D eigenvalue weighted by Gasteiger charge is -2.29. The Balaban J connectivity index is 1.47. The first kappa shape index (κ1) is 30.8. The summed E-state index contributed by atoms with van der Waals surface area (Å²) in [5.74, 6) is -1.97. The minimum atomic E-state index is -1.03. The Morgan fingerprint density at radius 3 is 2.33 bits per heavy atom. The number of alkyl carbamates (subject to hydrolysis) is 1. The van der Waals surface area contributed by atoms with E-state index in [1.54, 1.807) is 36.4 Å². The van der Waals surface area contributed by atoms with Crippen LogP contribution in [0.25, 0.3) is 0 Å². The van der Waals surface area contributed by atoms with Gasteiger partial charge in [0.1, 0.15) is 18.8 Å². The maximum atomic E-state index is 13.2. The minimum Gasteiger partial charge on any atom is -0.454 e. The number of aliphatic hydroxyl groups is 1. The highest BCUT2D eigenvalue weighted by atomic mass is 16.6. The van der Waals surface area contributed by atoms with Crippen molar-refractivity contribution in [2.24, 2.45) is 5.92 Å². The number of rotatable bonds is 8. The van der Waals surface area contributed by atoms with Crippen LogP contribution in [0.4, 0.5) is 4.79 Å². The molecule has 224 valence electrons. The lowest BCUT2D eigenvalue weighted by molar-refractivity contribution is -0.152. The number of cyclic esters (lactones) is 1. The largest absolute Gasteiger partial charge is 0.454 e. The summed E-state index contributed by atoms with van der Waals surface area (Å²) in [4.78, 5) is 52.0. The number of carbonyl (C=O) groups is 4. The van der Waals surface area contributed by atoms with Gasteiger partial charge in [-0.2, -0.15) is 0 Å². The number of hydrogen-bond donors (Lipinski definition) is 4. The summed E-state index contributed by atoms with van der Waals surface area (Å²) in [6.07, 6.45) is 5.42. The number of allylic oxidation sites excluding steroid dienone is 1. The molecule has 1 heterocycles. The zero-order valence-corrected chi connectivity index (χ0v) is 23.6. The third-order valence-corrected chi connectivity index (χ3v) is 7.71. The number of nitrogens with one attached hydrogen (secondary N) is 3. The van der Waals surface area contributed by atoms with Crippen LogP contribution in [-0.4, -0.2) is 53.7 Å². The van der Waals surface area contributed by atoms with Crippen molar-refractivity contribution in [3.05, 3.63) is 83.9 Å². The highest BCUT2D eigenvalue weighted by Crippen LogP contribution is 2.29. The lowest BCUT2D eigenvalue weighted by atomic mass is 9.95. The van der Waals surface area contributed by atoms with Gasteiger partial charge in [0.15, 0.2) is 0 Å². The van der Waals surface area contributed by atoms with Gasteiger partial charge in [-0.25, -0.2) is 9.59 Å². The predicted octanol–water partition coefficient (Wildman–Crippen LogP) is 3.46. The Kier molecular flexibility index (Phi) is 11.1. The zero-order chi connectivity index (χ0) is 29.8. The molecule has 1 saturated carbocycles. The van der Waals surface area contributed by atoms with E-state index < -0.39 is 35.7 Å². The van der Waals surface area contributed by atoms with Crippen LogP contribution in [0.5, 0.6) is 0 Å². The van der Waals surface area contributed by atoms with Gasteiger partial charge in [0.05, 0.1) is 24.6 Å². The third kappa shape index (κ3) is 8.91. The fourth-order valence-corrected chi connectivity index (χ4v) is 5.30. The number of benzene rings is 2. The van der Waals surface area contributed by atoms with E-state index in [1.165, 1.54) is 0 Å². The number of amides is 3. The Bertz CT molecular complexity index is 1230. The van der Waals surface area contributed by atoms with E-state index in [4.69, 9.17) is 9.47 Å². The molecule has 3 atom stereocenters. The summed E-state index contributed by atoms with van der Waals surface area (Å²) in [5.41, 5.74) is 0.848. The van der Waals surface area contributed by atoms with E-state index in [1.807, 2.05) is 36.4 Å². The van der Waals surface area contributed by atoms with Gasteiger partial charge in [-0.05, 0) is 36.8 Å². The molecule has 0 radical (unpaired) electrons. The van der Waals surface area contributed by atoms with Crippen LogP contribution < -0.4 is 16.0 Å². The van der Waals surface area contributed by atoms with Crippen molar-refractivity contribution < 1.29 is 33.8 Å². The van der Waals surface area contributed by atoms with Crippen LogP contribution in [0.1, 0.15) is 62.2 Å². The first-order chi connectivity index (χ1) is 20.4. The molecule has 1 fully saturated rings. The molecule has 4 rings (SSSR count). The van der Waals surface area contributed by atoms with E-state index in [0.29, 0.717) is 18.4 Å². The zero-order valence-electron chi connectivity index (χ0n) is 23.6. The number of aliphatic hydroxyl groups excluding tert-OH is 1. The van der Waals surface area contributed by atoms with E-state index in [-0.39, 0.29) is 50.8 Å². The second-order valence-electron chi connectivity index (χ2n) is 10.9. The standard InChI is InChI=1S/C32H39N3O7/c36-22-32(17-9-10-18-32)35-28(37)19-25-15-7-8-16-26(34-31(40)41-21-23-11-3-1-4-12-23)30(39)42-27(20-33-29(25)38)24-13-5-2-6-14-24/h1-8,11-14,25-27,36H,9-10,15-22H2,(H,33,38)(H,34,40)(H,35,37)/t25-,26-,27+/m1/s1. The molecule has 0 unspecified atom stereocenters. The van der Waals surface area contributed by atoms with Crippen LogP contribution in [0.15, 0.2) is 72.8 Å². The smallest absolute Gasteiger partial charge is 0.408 e. The fourth-order valence-electron chi connectivity index (χ4n) is 5.30. The molecule has 10 nitrogen and oxygen atoms in total. The van der Waals surface area contributed by atoms with Crippen LogP contribution in [0, 0.1) is 5.92 Å². The van der Waals surface area contributed by atoms with Crippen molar-refractivity contribution in [2.75, 3.05) is 13.2 Å². The topological polar surface area (TPSA) is 143 Å². The third-order valence-electron chi connectivity index (χ3n) is 7.71. The molecule has 0 aromatic heterocycles. The maximum Gasteiger partial charge on any atom is 0.408 e. The molecule has 2 aromatic rings. The highest BCUT2D eigenvalue weighted by molar-refractivity contribution is 5.86. The molecule has 0 bridgehead atoms. The second kappa shape index (κ2) is 15.2. The molecular formula is C32H39N3O7. The minimum absolute atomic E-state index is 0.0117. The van der Waals surface area contributed by atoms with Crippen LogP contribution >= 0.6 is 0 Å². The first-order valence-corrected chi connectivity index (χ1v) is 14.4. The van der Waals surface area contributed by atoms with E-state index >= 15 is 0 Å². The van der Waals surface area contributed by atoms with E-state index in [0.717, 1.165) is 18.4 Å². The van der Waals surface area contributed by atoms with Gasteiger partial charge in [-0.3, -0.25) is 9.59 Å². The van der Waals surface area contributed by atoms with E-state index in [9.17, 15) is 24.3 Å². The summed E-state index contributed by atoms with van der Waals surface area (Å²) in [7, 11) is 0. The first-order valence-electron chi connectivity index (χ1n) is 14.4. The number of carbonyl (C=O) groups excluding carboxylic acids is 4. The average molecular weight is 578 g/mol. The monoisotopic (exact) mass is 577 g/mol. The molecule has 2 aromatic carbocycles. The Labute approximate surface area is 245 Å².